The molecule has 1 atom stereocenters. The zero-order valence-corrected chi connectivity index (χ0v) is 8.79. The number of nitrogens with one attached hydrogen (secondary N) is 1. The van der Waals surface area contributed by atoms with Gasteiger partial charge in [0.2, 0.25) is 5.91 Å². The van der Waals surface area contributed by atoms with Gasteiger partial charge in [-0.05, 0) is 13.8 Å². The quantitative estimate of drug-likeness (QED) is 0.476. The van der Waals surface area contributed by atoms with Crippen LogP contribution in [0.2, 0.25) is 0 Å². The number of aliphatic imine (C=N–C) groups is 1. The Balaban J connectivity index is 2.42. The lowest BCUT2D eigenvalue weighted by Gasteiger charge is -2.14. The molecule has 0 aromatic rings. The van der Waals surface area contributed by atoms with Gasteiger partial charge in [-0.3, -0.25) is 9.79 Å². The second-order valence-electron chi connectivity index (χ2n) is 3.34. The summed E-state index contributed by atoms with van der Waals surface area (Å²) in [4.78, 5) is 17.2. The molecule has 14 heavy (non-hydrogen) atoms. The lowest BCUT2D eigenvalue weighted by molar-refractivity contribution is -0.127. The van der Waals surface area contributed by atoms with Crippen molar-refractivity contribution in [2.24, 2.45) is 10.7 Å². The van der Waals surface area contributed by atoms with E-state index in [-0.39, 0.29) is 11.9 Å². The molecule has 1 aliphatic rings. The highest BCUT2D eigenvalue weighted by Gasteiger charge is 2.28. The third kappa shape index (κ3) is 2.61. The van der Waals surface area contributed by atoms with E-state index in [1.54, 1.807) is 0 Å². The van der Waals surface area contributed by atoms with Crippen LogP contribution in [0.3, 0.4) is 0 Å². The Kier molecular flexibility index (Phi) is 3.73. The topological polar surface area (TPSA) is 70.7 Å². The van der Waals surface area contributed by atoms with Crippen LogP contribution in [-0.4, -0.2) is 42.4 Å². The first kappa shape index (κ1) is 10.8. The number of likely N-dealkylation sites (tertiary alicyclic amines) is 1. The highest BCUT2D eigenvalue weighted by Crippen LogP contribution is 2.09. The Morgan fingerprint density at radius 3 is 2.93 bits per heavy atom. The van der Waals surface area contributed by atoms with Crippen molar-refractivity contribution in [3.05, 3.63) is 0 Å². The number of amides is 1. The van der Waals surface area contributed by atoms with Gasteiger partial charge in [0, 0.05) is 26.1 Å². The summed E-state index contributed by atoms with van der Waals surface area (Å²) in [5, 5.41) is 3.04. The molecule has 0 bridgehead atoms. The number of hydrogen-bond acceptors (Lipinski definition) is 2. The molecule has 1 saturated heterocycles. The second kappa shape index (κ2) is 4.83. The van der Waals surface area contributed by atoms with Gasteiger partial charge in [0.25, 0.3) is 0 Å². The van der Waals surface area contributed by atoms with Crippen molar-refractivity contribution in [3.63, 3.8) is 0 Å². The lowest BCUT2D eigenvalue weighted by Crippen LogP contribution is -2.41. The highest BCUT2D eigenvalue weighted by molar-refractivity contribution is 5.82. The summed E-state index contributed by atoms with van der Waals surface area (Å²) in [5.74, 6) is 0.623. The third-order valence-corrected chi connectivity index (χ3v) is 2.28. The van der Waals surface area contributed by atoms with Crippen LogP contribution in [0.15, 0.2) is 4.99 Å². The van der Waals surface area contributed by atoms with Gasteiger partial charge in [-0.2, -0.15) is 0 Å². The molecule has 1 amide bonds. The summed E-state index contributed by atoms with van der Waals surface area (Å²) >= 11 is 0. The van der Waals surface area contributed by atoms with Crippen molar-refractivity contribution in [1.29, 1.82) is 0 Å². The van der Waals surface area contributed by atoms with Gasteiger partial charge in [-0.1, -0.05) is 0 Å². The normalized spacial score (nSPS) is 23.0. The number of hydrogen-bond donors (Lipinski definition) is 2. The van der Waals surface area contributed by atoms with Crippen molar-refractivity contribution in [2.45, 2.75) is 26.3 Å². The van der Waals surface area contributed by atoms with Gasteiger partial charge in [0.1, 0.15) is 0 Å². The summed E-state index contributed by atoms with van der Waals surface area (Å²) in [7, 11) is 0. The largest absolute Gasteiger partial charge is 0.370 e. The van der Waals surface area contributed by atoms with Crippen LogP contribution in [0.25, 0.3) is 0 Å². The van der Waals surface area contributed by atoms with Gasteiger partial charge >= 0.3 is 0 Å². The molecule has 80 valence electrons. The predicted octanol–water partition coefficient (Wildman–Crippen LogP) is -0.469. The van der Waals surface area contributed by atoms with E-state index in [0.29, 0.717) is 18.9 Å². The van der Waals surface area contributed by atoms with Gasteiger partial charge in [0.05, 0.1) is 6.04 Å². The number of likely N-dealkylation sites (N-methyl/N-ethyl adjacent to an activating group) is 1. The summed E-state index contributed by atoms with van der Waals surface area (Å²) in [6, 6.07) is 0.123. The third-order valence-electron chi connectivity index (χ3n) is 2.28. The molecule has 1 rings (SSSR count). The molecule has 1 fully saturated rings. The van der Waals surface area contributed by atoms with E-state index in [1.165, 1.54) is 0 Å². The standard InChI is InChI=1S/C9H18N4O/c1-3-11-9(10)12-7-5-8(14)13(4-2)6-7/h7H,3-6H2,1-2H3,(H3,10,11,12). The number of nitrogens with two attached hydrogens (primary N) is 1. The molecule has 1 aliphatic heterocycles. The minimum absolute atomic E-state index is 0.123. The van der Waals surface area contributed by atoms with E-state index in [0.717, 1.165) is 13.1 Å². The average Bonchev–Trinajstić information content (AvgIpc) is 2.46. The molecule has 0 aromatic heterocycles. The molecule has 3 N–H and O–H groups in total. The zero-order valence-electron chi connectivity index (χ0n) is 8.79. The van der Waals surface area contributed by atoms with E-state index in [4.69, 9.17) is 5.73 Å². The first-order valence-corrected chi connectivity index (χ1v) is 5.01. The molecular formula is C9H18N4O. The fourth-order valence-corrected chi connectivity index (χ4v) is 1.60. The number of nitrogens with zero attached hydrogens (tertiary/aromatic N) is 2. The van der Waals surface area contributed by atoms with Crippen molar-refractivity contribution in [3.8, 4) is 0 Å². The van der Waals surface area contributed by atoms with Crippen molar-refractivity contribution >= 4 is 11.9 Å². The van der Waals surface area contributed by atoms with Gasteiger partial charge < -0.3 is 16.0 Å². The maximum Gasteiger partial charge on any atom is 0.224 e. The highest BCUT2D eigenvalue weighted by atomic mass is 16.2. The molecule has 0 spiro atoms. The molecule has 5 nitrogen and oxygen atoms in total. The monoisotopic (exact) mass is 198 g/mol. The Bertz CT molecular complexity index is 239. The van der Waals surface area contributed by atoms with Gasteiger partial charge in [0.15, 0.2) is 5.96 Å². The first-order chi connectivity index (χ1) is 6.67. The molecule has 0 radical (unpaired) electrons. The van der Waals surface area contributed by atoms with Crippen LogP contribution in [0, 0.1) is 0 Å². The first-order valence-electron chi connectivity index (χ1n) is 5.01. The van der Waals surface area contributed by atoms with E-state index in [2.05, 4.69) is 10.3 Å². The van der Waals surface area contributed by atoms with Crippen LogP contribution in [0.4, 0.5) is 0 Å². The van der Waals surface area contributed by atoms with Crippen LogP contribution in [-0.2, 0) is 4.79 Å². The SMILES string of the molecule is CCN=C(N)NC1CC(=O)N(CC)C1. The minimum Gasteiger partial charge on any atom is -0.370 e. The summed E-state index contributed by atoms with van der Waals surface area (Å²) in [6.07, 6.45) is 0.522. The maximum absolute atomic E-state index is 11.4. The van der Waals surface area contributed by atoms with Gasteiger partial charge in [-0.25, -0.2) is 0 Å². The summed E-state index contributed by atoms with van der Waals surface area (Å²) < 4.78 is 0. The van der Waals surface area contributed by atoms with E-state index >= 15 is 0 Å². The van der Waals surface area contributed by atoms with Crippen LogP contribution >= 0.6 is 0 Å². The number of guanidine groups is 1. The average molecular weight is 198 g/mol. The molecular weight excluding hydrogens is 180 g/mol. The van der Waals surface area contributed by atoms with E-state index in [9.17, 15) is 4.79 Å². The molecule has 0 aromatic carbocycles. The molecule has 5 heteroatoms. The van der Waals surface area contributed by atoms with Gasteiger partial charge in [-0.15, -0.1) is 0 Å². The number of rotatable bonds is 3. The molecule has 0 aliphatic carbocycles. The lowest BCUT2D eigenvalue weighted by atomic mass is 10.3. The van der Waals surface area contributed by atoms with Crippen LogP contribution in [0.1, 0.15) is 20.3 Å². The Morgan fingerprint density at radius 2 is 2.43 bits per heavy atom. The molecule has 0 saturated carbocycles. The summed E-state index contributed by atoms with van der Waals surface area (Å²) in [5.41, 5.74) is 5.61. The second-order valence-corrected chi connectivity index (χ2v) is 3.34. The van der Waals surface area contributed by atoms with E-state index < -0.39 is 0 Å². The number of carbonyl (C=O) groups is 1. The number of carbonyl (C=O) groups excluding carboxylic acids is 1. The Morgan fingerprint density at radius 1 is 1.71 bits per heavy atom. The maximum atomic E-state index is 11.4. The Hall–Kier alpha value is -1.26. The van der Waals surface area contributed by atoms with Crippen LogP contribution < -0.4 is 11.1 Å². The molecule has 1 unspecified atom stereocenters. The smallest absolute Gasteiger partial charge is 0.224 e. The zero-order chi connectivity index (χ0) is 10.6. The van der Waals surface area contributed by atoms with Crippen molar-refractivity contribution in [1.82, 2.24) is 10.2 Å². The fourth-order valence-electron chi connectivity index (χ4n) is 1.60. The van der Waals surface area contributed by atoms with Crippen LogP contribution in [0.5, 0.6) is 0 Å². The van der Waals surface area contributed by atoms with E-state index in [1.807, 2.05) is 18.7 Å². The predicted molar refractivity (Wildman–Crippen MR) is 56.0 cm³/mol. The fraction of sp³-hybridized carbons (Fsp3) is 0.778. The molecule has 1 heterocycles. The Labute approximate surface area is 84.4 Å². The van der Waals surface area contributed by atoms with Crippen molar-refractivity contribution in [2.75, 3.05) is 19.6 Å². The van der Waals surface area contributed by atoms with Crippen molar-refractivity contribution < 1.29 is 4.79 Å². The summed E-state index contributed by atoms with van der Waals surface area (Å²) in [6.45, 7) is 6.06. The minimum atomic E-state index is 0.123.